The maximum Gasteiger partial charge on any atom is 0.0640 e. The van der Waals surface area contributed by atoms with Crippen molar-refractivity contribution in [2.75, 3.05) is 18.4 Å². The molecule has 148 valence electrons. The Hall–Kier alpha value is -1.84. The van der Waals surface area contributed by atoms with Crippen molar-refractivity contribution in [1.82, 2.24) is 10.3 Å². The van der Waals surface area contributed by atoms with Gasteiger partial charge in [-0.3, -0.25) is 4.98 Å². The first kappa shape index (κ1) is 19.5. The highest BCUT2D eigenvalue weighted by Gasteiger charge is 2.15. The van der Waals surface area contributed by atoms with Crippen LogP contribution >= 0.6 is 11.6 Å². The van der Waals surface area contributed by atoms with Crippen LogP contribution in [-0.2, 0) is 19.4 Å². The number of pyridine rings is 1. The summed E-state index contributed by atoms with van der Waals surface area (Å²) in [7, 11) is 0. The van der Waals surface area contributed by atoms with Crippen molar-refractivity contribution in [3.8, 4) is 0 Å². The third-order valence-electron chi connectivity index (χ3n) is 5.99. The summed E-state index contributed by atoms with van der Waals surface area (Å²) in [5.41, 5.74) is 6.05. The molecule has 2 N–H and O–H groups in total. The first-order valence-corrected chi connectivity index (χ1v) is 11.1. The molecule has 0 atom stereocenters. The highest BCUT2D eigenvalue weighted by molar-refractivity contribution is 6.33. The van der Waals surface area contributed by atoms with E-state index in [0.29, 0.717) is 6.54 Å². The largest absolute Gasteiger partial charge is 0.378 e. The van der Waals surface area contributed by atoms with Gasteiger partial charge in [0.1, 0.15) is 0 Å². The number of aromatic nitrogens is 1. The SMILES string of the molecule is Clc1ccc2c(c1NCc1ccc(C=CC3CCCCC3)cn1)CCNCC2. The number of benzene rings is 1. The molecule has 2 aromatic rings. The van der Waals surface area contributed by atoms with Crippen LogP contribution < -0.4 is 10.6 Å². The molecular formula is C24H30ClN3. The minimum absolute atomic E-state index is 0.691. The number of fused-ring (bicyclic) bond motifs is 1. The van der Waals surface area contributed by atoms with Crippen LogP contribution in [0.25, 0.3) is 6.08 Å². The minimum atomic E-state index is 0.691. The number of allylic oxidation sites excluding steroid dienone is 1. The molecular weight excluding hydrogens is 366 g/mol. The summed E-state index contributed by atoms with van der Waals surface area (Å²) in [6, 6.07) is 8.47. The molecule has 1 aromatic heterocycles. The van der Waals surface area contributed by atoms with Gasteiger partial charge in [-0.2, -0.15) is 0 Å². The smallest absolute Gasteiger partial charge is 0.0640 e. The molecule has 2 aliphatic rings. The van der Waals surface area contributed by atoms with Crippen molar-refractivity contribution in [1.29, 1.82) is 0 Å². The summed E-state index contributed by atoms with van der Waals surface area (Å²) in [6.45, 7) is 2.73. The van der Waals surface area contributed by atoms with Gasteiger partial charge >= 0.3 is 0 Å². The van der Waals surface area contributed by atoms with Crippen LogP contribution in [0.2, 0.25) is 5.02 Å². The fourth-order valence-electron chi connectivity index (χ4n) is 4.33. The molecule has 4 heteroatoms. The normalized spacial score (nSPS) is 18.0. The van der Waals surface area contributed by atoms with E-state index < -0.39 is 0 Å². The summed E-state index contributed by atoms with van der Waals surface area (Å²) in [6.07, 6.45) is 15.5. The molecule has 0 saturated heterocycles. The zero-order valence-corrected chi connectivity index (χ0v) is 17.3. The van der Waals surface area contributed by atoms with Crippen LogP contribution in [-0.4, -0.2) is 18.1 Å². The molecule has 1 fully saturated rings. The van der Waals surface area contributed by atoms with Crippen molar-refractivity contribution < 1.29 is 0 Å². The summed E-state index contributed by atoms with van der Waals surface area (Å²) in [4.78, 5) is 4.65. The summed E-state index contributed by atoms with van der Waals surface area (Å²) in [5.74, 6) is 0.750. The summed E-state index contributed by atoms with van der Waals surface area (Å²) < 4.78 is 0. The van der Waals surface area contributed by atoms with E-state index in [1.54, 1.807) is 0 Å². The Kier molecular flexibility index (Phi) is 6.66. The van der Waals surface area contributed by atoms with E-state index in [9.17, 15) is 0 Å². The summed E-state index contributed by atoms with van der Waals surface area (Å²) in [5, 5.41) is 7.81. The number of halogens is 1. The van der Waals surface area contributed by atoms with E-state index in [-0.39, 0.29) is 0 Å². The molecule has 1 aliphatic heterocycles. The third kappa shape index (κ3) is 4.95. The number of rotatable bonds is 5. The molecule has 3 nitrogen and oxygen atoms in total. The van der Waals surface area contributed by atoms with Crippen LogP contribution in [0.1, 0.15) is 54.5 Å². The van der Waals surface area contributed by atoms with Crippen LogP contribution in [0.4, 0.5) is 5.69 Å². The van der Waals surface area contributed by atoms with Gasteiger partial charge in [-0.25, -0.2) is 0 Å². The maximum absolute atomic E-state index is 6.51. The number of anilines is 1. The second-order valence-corrected chi connectivity index (χ2v) is 8.41. The van der Waals surface area contributed by atoms with Crippen LogP contribution in [0.15, 0.2) is 36.5 Å². The predicted octanol–water partition coefficient (Wildman–Crippen LogP) is 5.63. The average Bonchev–Trinajstić information content (AvgIpc) is 2.99. The quantitative estimate of drug-likeness (QED) is 0.688. The lowest BCUT2D eigenvalue weighted by Gasteiger charge is -2.17. The average molecular weight is 396 g/mol. The number of nitrogens with one attached hydrogen (secondary N) is 2. The first-order valence-electron chi connectivity index (χ1n) is 10.7. The Labute approximate surface area is 173 Å². The monoisotopic (exact) mass is 395 g/mol. The highest BCUT2D eigenvalue weighted by atomic mass is 35.5. The van der Waals surface area contributed by atoms with Gasteiger partial charge in [0.05, 0.1) is 22.9 Å². The zero-order valence-electron chi connectivity index (χ0n) is 16.5. The molecule has 0 bridgehead atoms. The van der Waals surface area contributed by atoms with Crippen LogP contribution in [0.3, 0.4) is 0 Å². The Balaban J connectivity index is 1.39. The van der Waals surface area contributed by atoms with Gasteiger partial charge < -0.3 is 10.6 Å². The number of hydrogen-bond donors (Lipinski definition) is 2. The van der Waals surface area contributed by atoms with Gasteiger partial charge in [0.2, 0.25) is 0 Å². The predicted molar refractivity (Wildman–Crippen MR) is 119 cm³/mol. The molecule has 0 amide bonds. The van der Waals surface area contributed by atoms with Gasteiger partial charge in [-0.15, -0.1) is 0 Å². The minimum Gasteiger partial charge on any atom is -0.378 e. The van der Waals surface area contributed by atoms with E-state index in [0.717, 1.165) is 48.3 Å². The lowest BCUT2D eigenvalue weighted by atomic mass is 9.89. The van der Waals surface area contributed by atoms with E-state index in [1.165, 1.54) is 48.8 Å². The van der Waals surface area contributed by atoms with Crippen molar-refractivity contribution >= 4 is 23.4 Å². The maximum atomic E-state index is 6.51. The van der Waals surface area contributed by atoms with Crippen LogP contribution in [0, 0.1) is 5.92 Å². The molecule has 0 radical (unpaired) electrons. The molecule has 28 heavy (non-hydrogen) atoms. The molecule has 1 aliphatic carbocycles. The van der Waals surface area contributed by atoms with Crippen molar-refractivity contribution in [3.05, 3.63) is 63.9 Å². The van der Waals surface area contributed by atoms with Gasteiger partial charge in [-0.1, -0.05) is 55.1 Å². The Morgan fingerprint density at radius 3 is 2.75 bits per heavy atom. The number of nitrogens with zero attached hydrogens (tertiary/aromatic N) is 1. The molecule has 1 aromatic carbocycles. The lowest BCUT2D eigenvalue weighted by molar-refractivity contribution is 0.420. The topological polar surface area (TPSA) is 37.0 Å². The van der Waals surface area contributed by atoms with Crippen molar-refractivity contribution in [2.24, 2.45) is 5.92 Å². The van der Waals surface area contributed by atoms with Gasteiger partial charge in [0, 0.05) is 6.20 Å². The van der Waals surface area contributed by atoms with Gasteiger partial charge in [0.15, 0.2) is 0 Å². The van der Waals surface area contributed by atoms with E-state index >= 15 is 0 Å². The second-order valence-electron chi connectivity index (χ2n) is 8.00. The summed E-state index contributed by atoms with van der Waals surface area (Å²) >= 11 is 6.51. The fourth-order valence-corrected chi connectivity index (χ4v) is 4.57. The Morgan fingerprint density at radius 1 is 1.07 bits per heavy atom. The Bertz CT molecular complexity index is 807. The Morgan fingerprint density at radius 2 is 1.93 bits per heavy atom. The number of hydrogen-bond acceptors (Lipinski definition) is 3. The standard InChI is InChI=1S/C24H30ClN3/c25-23-11-9-20-12-14-26-15-13-22(20)24(23)28-17-21-10-8-19(16-27-21)7-6-18-4-2-1-3-5-18/h6-11,16,18,26,28H,1-5,12-15,17H2. The third-order valence-corrected chi connectivity index (χ3v) is 6.30. The molecule has 0 spiro atoms. The van der Waals surface area contributed by atoms with Gasteiger partial charge in [0.25, 0.3) is 0 Å². The molecule has 1 saturated carbocycles. The lowest BCUT2D eigenvalue weighted by Crippen LogP contribution is -2.16. The van der Waals surface area contributed by atoms with Crippen molar-refractivity contribution in [2.45, 2.75) is 51.5 Å². The fraction of sp³-hybridized carbons (Fsp3) is 0.458. The molecule has 2 heterocycles. The highest BCUT2D eigenvalue weighted by Crippen LogP contribution is 2.31. The van der Waals surface area contributed by atoms with E-state index in [4.69, 9.17) is 11.6 Å². The van der Waals surface area contributed by atoms with Gasteiger partial charge in [-0.05, 0) is 73.5 Å². The first-order chi connectivity index (χ1) is 13.8. The zero-order chi connectivity index (χ0) is 19.2. The second kappa shape index (κ2) is 9.58. The van der Waals surface area contributed by atoms with E-state index in [1.807, 2.05) is 12.3 Å². The van der Waals surface area contributed by atoms with Crippen LogP contribution in [0.5, 0.6) is 0 Å². The molecule has 4 rings (SSSR count). The molecule has 0 unspecified atom stereocenters. The van der Waals surface area contributed by atoms with Crippen molar-refractivity contribution in [3.63, 3.8) is 0 Å². The van der Waals surface area contributed by atoms with E-state index in [2.05, 4.69) is 46.0 Å².